The second kappa shape index (κ2) is 5.41. The molecule has 2 atom stereocenters. The predicted molar refractivity (Wildman–Crippen MR) is 74.5 cm³/mol. The van der Waals surface area contributed by atoms with Gasteiger partial charge in [-0.15, -0.1) is 0 Å². The fourth-order valence-electron chi connectivity index (χ4n) is 3.21. The van der Waals surface area contributed by atoms with Gasteiger partial charge in [-0.1, -0.05) is 15.9 Å². The summed E-state index contributed by atoms with van der Waals surface area (Å²) in [6.45, 7) is 2.15. The zero-order chi connectivity index (χ0) is 14.3. The first-order valence-corrected chi connectivity index (χ1v) is 7.53. The van der Waals surface area contributed by atoms with E-state index in [2.05, 4.69) is 21.2 Å². The molecule has 3 nitrogen and oxygen atoms in total. The van der Waals surface area contributed by atoms with Gasteiger partial charge in [-0.2, -0.15) is 0 Å². The van der Waals surface area contributed by atoms with E-state index in [0.717, 1.165) is 31.5 Å². The molecule has 108 valence electrons. The van der Waals surface area contributed by atoms with Crippen LogP contribution in [0.2, 0.25) is 0 Å². The highest BCUT2D eigenvalue weighted by atomic mass is 79.9. The first kappa shape index (κ1) is 13.9. The second-order valence-electron chi connectivity index (χ2n) is 5.37. The minimum atomic E-state index is -0.810. The van der Waals surface area contributed by atoms with Gasteiger partial charge in [0, 0.05) is 30.1 Å². The highest BCUT2D eigenvalue weighted by molar-refractivity contribution is 9.10. The van der Waals surface area contributed by atoms with E-state index in [0.29, 0.717) is 23.5 Å². The Hall–Kier alpha value is -1.01. The summed E-state index contributed by atoms with van der Waals surface area (Å²) in [6.07, 6.45) is 1.95. The first-order valence-electron chi connectivity index (χ1n) is 6.74. The van der Waals surface area contributed by atoms with Gasteiger partial charge in [0.2, 0.25) is 0 Å². The molecule has 0 aromatic heterocycles. The van der Waals surface area contributed by atoms with Gasteiger partial charge in [0.25, 0.3) is 5.91 Å². The smallest absolute Gasteiger partial charge is 0.260 e. The molecule has 2 heterocycles. The van der Waals surface area contributed by atoms with Crippen molar-refractivity contribution in [3.63, 3.8) is 0 Å². The van der Waals surface area contributed by atoms with Crippen LogP contribution in [0.5, 0.6) is 0 Å². The number of amides is 1. The zero-order valence-electron chi connectivity index (χ0n) is 10.8. The third kappa shape index (κ3) is 2.35. The predicted octanol–water partition coefficient (Wildman–Crippen LogP) is 2.55. The molecular weight excluding hydrogens is 330 g/mol. The van der Waals surface area contributed by atoms with E-state index in [4.69, 9.17) is 0 Å². The first-order chi connectivity index (χ1) is 9.58. The molecule has 1 aromatic rings. The fourth-order valence-corrected chi connectivity index (χ4v) is 3.61. The summed E-state index contributed by atoms with van der Waals surface area (Å²) in [5.41, 5.74) is -0.444. The summed E-state index contributed by atoms with van der Waals surface area (Å²) in [6, 6.07) is 2.31. The monoisotopic (exact) mass is 344 g/mol. The van der Waals surface area contributed by atoms with E-state index < -0.39 is 23.1 Å². The van der Waals surface area contributed by atoms with Gasteiger partial charge in [0.05, 0.1) is 0 Å². The van der Waals surface area contributed by atoms with Crippen LogP contribution in [0.3, 0.4) is 0 Å². The Labute approximate surface area is 124 Å². The van der Waals surface area contributed by atoms with Crippen molar-refractivity contribution in [3.8, 4) is 0 Å². The molecule has 3 rings (SSSR count). The van der Waals surface area contributed by atoms with E-state index in [1.54, 1.807) is 4.90 Å². The van der Waals surface area contributed by atoms with E-state index in [-0.39, 0.29) is 6.04 Å². The lowest BCUT2D eigenvalue weighted by Gasteiger charge is -2.37. The minimum absolute atomic E-state index is 0.0543. The summed E-state index contributed by atoms with van der Waals surface area (Å²) >= 11 is 3.02. The molecule has 0 aliphatic carbocycles. The van der Waals surface area contributed by atoms with E-state index in [9.17, 15) is 13.6 Å². The standard InChI is InChI=1S/C14H15BrF2N2O/c15-9-4-10(16)13(11(17)5-9)14(20)19-3-1-2-8-6-18-7-12(8)19/h4-5,8,12,18H,1-3,6-7H2. The maximum Gasteiger partial charge on any atom is 0.260 e. The lowest BCUT2D eigenvalue weighted by atomic mass is 9.91. The molecule has 0 bridgehead atoms. The van der Waals surface area contributed by atoms with E-state index >= 15 is 0 Å². The summed E-state index contributed by atoms with van der Waals surface area (Å²) in [5.74, 6) is -1.76. The van der Waals surface area contributed by atoms with Crippen molar-refractivity contribution < 1.29 is 13.6 Å². The molecule has 2 fully saturated rings. The number of halogens is 3. The Morgan fingerprint density at radius 2 is 2.00 bits per heavy atom. The quantitative estimate of drug-likeness (QED) is 0.849. The number of likely N-dealkylation sites (tertiary alicyclic amines) is 1. The Kier molecular flexibility index (Phi) is 3.77. The Morgan fingerprint density at radius 3 is 2.70 bits per heavy atom. The molecule has 2 aliphatic heterocycles. The van der Waals surface area contributed by atoms with Gasteiger partial charge in [-0.25, -0.2) is 8.78 Å². The number of benzene rings is 1. The molecule has 1 amide bonds. The van der Waals surface area contributed by atoms with Crippen molar-refractivity contribution in [2.75, 3.05) is 19.6 Å². The van der Waals surface area contributed by atoms with Crippen LogP contribution in [-0.4, -0.2) is 36.5 Å². The molecule has 0 radical (unpaired) electrons. The molecule has 2 aliphatic rings. The van der Waals surface area contributed by atoms with Gasteiger partial charge in [-0.05, 0) is 30.9 Å². The van der Waals surface area contributed by atoms with Crippen LogP contribution in [-0.2, 0) is 0 Å². The van der Waals surface area contributed by atoms with Crippen molar-refractivity contribution in [1.82, 2.24) is 10.2 Å². The molecule has 1 aromatic carbocycles. The maximum absolute atomic E-state index is 13.9. The highest BCUT2D eigenvalue weighted by Crippen LogP contribution is 2.29. The molecule has 2 unspecified atom stereocenters. The van der Waals surface area contributed by atoms with Crippen LogP contribution < -0.4 is 5.32 Å². The fraction of sp³-hybridized carbons (Fsp3) is 0.500. The van der Waals surface area contributed by atoms with Crippen LogP contribution in [0.1, 0.15) is 23.2 Å². The average Bonchev–Trinajstić information content (AvgIpc) is 2.85. The van der Waals surface area contributed by atoms with Crippen LogP contribution in [0.25, 0.3) is 0 Å². The van der Waals surface area contributed by atoms with Crippen LogP contribution in [0.4, 0.5) is 8.78 Å². The number of carbonyl (C=O) groups excluding carboxylic acids is 1. The van der Waals surface area contributed by atoms with Gasteiger partial charge in [0.15, 0.2) is 0 Å². The number of nitrogens with one attached hydrogen (secondary N) is 1. The SMILES string of the molecule is O=C(c1c(F)cc(Br)cc1F)N1CCCC2CNCC21. The highest BCUT2D eigenvalue weighted by Gasteiger charge is 2.38. The van der Waals surface area contributed by atoms with Crippen molar-refractivity contribution in [2.45, 2.75) is 18.9 Å². The molecule has 6 heteroatoms. The number of hydrogen-bond acceptors (Lipinski definition) is 2. The molecule has 0 spiro atoms. The summed E-state index contributed by atoms with van der Waals surface area (Å²) in [5, 5.41) is 3.25. The number of piperidine rings is 1. The molecule has 1 N–H and O–H groups in total. The van der Waals surface area contributed by atoms with E-state index in [1.807, 2.05) is 0 Å². The molecule has 0 saturated carbocycles. The van der Waals surface area contributed by atoms with E-state index in [1.165, 1.54) is 0 Å². The largest absolute Gasteiger partial charge is 0.334 e. The zero-order valence-corrected chi connectivity index (χ0v) is 12.4. The minimum Gasteiger partial charge on any atom is -0.334 e. The third-order valence-corrected chi connectivity index (χ3v) is 4.62. The second-order valence-corrected chi connectivity index (χ2v) is 6.29. The molecule has 20 heavy (non-hydrogen) atoms. The van der Waals surface area contributed by atoms with Gasteiger partial charge >= 0.3 is 0 Å². The van der Waals surface area contributed by atoms with Gasteiger partial charge in [-0.3, -0.25) is 4.79 Å². The average molecular weight is 345 g/mol. The Morgan fingerprint density at radius 1 is 1.30 bits per heavy atom. The third-order valence-electron chi connectivity index (χ3n) is 4.16. The molecular formula is C14H15BrF2N2O. The number of fused-ring (bicyclic) bond motifs is 1. The molecule has 2 saturated heterocycles. The summed E-state index contributed by atoms with van der Waals surface area (Å²) < 4.78 is 28.1. The Bertz CT molecular complexity index is 529. The Balaban J connectivity index is 1.92. The lowest BCUT2D eigenvalue weighted by Crippen LogP contribution is -2.48. The summed E-state index contributed by atoms with van der Waals surface area (Å²) in [4.78, 5) is 14.1. The van der Waals surface area contributed by atoms with Gasteiger partial charge < -0.3 is 10.2 Å². The maximum atomic E-state index is 13.9. The summed E-state index contributed by atoms with van der Waals surface area (Å²) in [7, 11) is 0. The number of nitrogens with zero attached hydrogens (tertiary/aromatic N) is 1. The van der Waals surface area contributed by atoms with Crippen LogP contribution >= 0.6 is 15.9 Å². The number of rotatable bonds is 1. The van der Waals surface area contributed by atoms with Crippen molar-refractivity contribution in [2.24, 2.45) is 5.92 Å². The van der Waals surface area contributed by atoms with Crippen LogP contribution in [0.15, 0.2) is 16.6 Å². The lowest BCUT2D eigenvalue weighted by molar-refractivity contribution is 0.0565. The topological polar surface area (TPSA) is 32.3 Å². The number of carbonyl (C=O) groups is 1. The normalized spacial score (nSPS) is 25.6. The van der Waals surface area contributed by atoms with Crippen LogP contribution in [0, 0.1) is 17.6 Å². The number of hydrogen-bond donors (Lipinski definition) is 1. The van der Waals surface area contributed by atoms with Crippen molar-refractivity contribution >= 4 is 21.8 Å². The van der Waals surface area contributed by atoms with Gasteiger partial charge in [0.1, 0.15) is 17.2 Å². The van der Waals surface area contributed by atoms with Crippen molar-refractivity contribution in [3.05, 3.63) is 33.8 Å². The van der Waals surface area contributed by atoms with Crippen molar-refractivity contribution in [1.29, 1.82) is 0 Å².